The van der Waals surface area contributed by atoms with Crippen LogP contribution >= 0.6 is 0 Å². The molecule has 33 heavy (non-hydrogen) atoms. The number of pyridine rings is 1. The molecular formula is C26H23N3O4. The van der Waals surface area contributed by atoms with Gasteiger partial charge in [0.2, 0.25) is 0 Å². The molecule has 3 aromatic rings. The van der Waals surface area contributed by atoms with Gasteiger partial charge in [-0.15, -0.1) is 0 Å². The summed E-state index contributed by atoms with van der Waals surface area (Å²) in [5.41, 5.74) is 6.13. The second kappa shape index (κ2) is 8.88. The van der Waals surface area contributed by atoms with Crippen molar-refractivity contribution in [3.63, 3.8) is 0 Å². The minimum absolute atomic E-state index is 0.152. The Morgan fingerprint density at radius 1 is 1.12 bits per heavy atom. The van der Waals surface area contributed by atoms with Gasteiger partial charge in [-0.2, -0.15) is 0 Å². The van der Waals surface area contributed by atoms with Crippen molar-refractivity contribution in [3.8, 4) is 0 Å². The molecule has 1 amide bonds. The average Bonchev–Trinajstić information content (AvgIpc) is 3.38. The zero-order chi connectivity index (χ0) is 22.8. The Labute approximate surface area is 191 Å². The quantitative estimate of drug-likeness (QED) is 0.487. The Morgan fingerprint density at radius 3 is 2.82 bits per heavy atom. The summed E-state index contributed by atoms with van der Waals surface area (Å²) in [5, 5.41) is 15.6. The zero-order valence-corrected chi connectivity index (χ0v) is 17.9. The van der Waals surface area contributed by atoms with Crippen LogP contribution in [-0.4, -0.2) is 34.6 Å². The maximum atomic E-state index is 12.6. The second-order valence-electron chi connectivity index (χ2n) is 8.14. The van der Waals surface area contributed by atoms with Gasteiger partial charge in [-0.1, -0.05) is 42.5 Å². The summed E-state index contributed by atoms with van der Waals surface area (Å²) >= 11 is 0. The maximum Gasteiger partial charge on any atom is 0.321 e. The number of rotatable bonds is 7. The summed E-state index contributed by atoms with van der Waals surface area (Å²) in [6.45, 7) is 0.935. The van der Waals surface area contributed by atoms with E-state index in [9.17, 15) is 14.7 Å². The summed E-state index contributed by atoms with van der Waals surface area (Å²) in [4.78, 5) is 28.3. The van der Waals surface area contributed by atoms with Crippen molar-refractivity contribution in [2.45, 2.75) is 25.5 Å². The number of carboxylic acids is 1. The van der Waals surface area contributed by atoms with Crippen molar-refractivity contribution >= 4 is 28.9 Å². The van der Waals surface area contributed by atoms with Crippen LogP contribution in [0.3, 0.4) is 0 Å². The fraction of sp³-hybridized carbons (Fsp3) is 0.192. The molecule has 1 atom stereocenters. The van der Waals surface area contributed by atoms with Gasteiger partial charge in [0.15, 0.2) is 0 Å². The minimum atomic E-state index is -0.882. The Bertz CT molecular complexity index is 1250. The summed E-state index contributed by atoms with van der Waals surface area (Å²) in [7, 11) is 0. The lowest BCUT2D eigenvalue weighted by atomic mass is 9.98. The number of aromatic nitrogens is 1. The van der Waals surface area contributed by atoms with Gasteiger partial charge in [-0.05, 0) is 42.6 Å². The van der Waals surface area contributed by atoms with Crippen molar-refractivity contribution in [2.24, 2.45) is 0 Å². The smallest absolute Gasteiger partial charge is 0.321 e. The summed E-state index contributed by atoms with van der Waals surface area (Å²) in [5.74, 6) is -0.423. The van der Waals surface area contributed by atoms with Gasteiger partial charge >= 0.3 is 5.97 Å². The number of nitrogens with one attached hydrogen (secondary N) is 2. The number of fused-ring (bicyclic) bond motifs is 2. The van der Waals surface area contributed by atoms with E-state index in [0.29, 0.717) is 37.3 Å². The lowest BCUT2D eigenvalue weighted by molar-refractivity contribution is -0.139. The third-order valence-corrected chi connectivity index (χ3v) is 5.95. The fourth-order valence-corrected chi connectivity index (χ4v) is 4.31. The van der Waals surface area contributed by atoms with Crippen LogP contribution in [0, 0.1) is 0 Å². The molecule has 166 valence electrons. The molecule has 5 rings (SSSR count). The fourth-order valence-electron chi connectivity index (χ4n) is 4.31. The molecule has 0 spiro atoms. The molecule has 0 radical (unpaired) electrons. The highest BCUT2D eigenvalue weighted by atomic mass is 16.5. The predicted molar refractivity (Wildman–Crippen MR) is 124 cm³/mol. The van der Waals surface area contributed by atoms with Crippen LogP contribution in [0.1, 0.15) is 27.8 Å². The first-order valence-corrected chi connectivity index (χ1v) is 10.9. The van der Waals surface area contributed by atoms with Crippen molar-refractivity contribution in [3.05, 3.63) is 94.8 Å². The number of nitrogens with zero attached hydrogens (tertiary/aromatic N) is 1. The SMILES string of the molecule is O=C1Nc2ccccc2C1=C1OCc2cc(CCNC(Cc3cccnc3)C(=O)O)ccc21. The van der Waals surface area contributed by atoms with E-state index in [2.05, 4.69) is 21.7 Å². The Hall–Kier alpha value is -3.97. The first kappa shape index (κ1) is 20.9. The first-order valence-electron chi connectivity index (χ1n) is 10.9. The topological polar surface area (TPSA) is 101 Å². The number of ether oxygens (including phenoxy) is 1. The molecule has 1 unspecified atom stereocenters. The number of benzene rings is 2. The Kier molecular flexibility index (Phi) is 5.62. The number of hydrogen-bond donors (Lipinski definition) is 3. The van der Waals surface area contributed by atoms with Crippen molar-refractivity contribution in [1.82, 2.24) is 10.3 Å². The molecule has 2 aliphatic rings. The normalized spacial score (nSPS) is 17.2. The average molecular weight is 441 g/mol. The van der Waals surface area contributed by atoms with Crippen molar-refractivity contribution in [2.75, 3.05) is 11.9 Å². The second-order valence-corrected chi connectivity index (χ2v) is 8.14. The molecule has 0 fully saturated rings. The monoisotopic (exact) mass is 441 g/mol. The van der Waals surface area contributed by atoms with Crippen LogP contribution in [0.2, 0.25) is 0 Å². The van der Waals surface area contributed by atoms with Gasteiger partial charge in [0.05, 0.1) is 5.57 Å². The molecule has 7 nitrogen and oxygen atoms in total. The Morgan fingerprint density at radius 2 is 2.00 bits per heavy atom. The molecule has 1 aromatic heterocycles. The van der Waals surface area contributed by atoms with Crippen LogP contribution in [0.4, 0.5) is 5.69 Å². The number of carbonyl (C=O) groups is 2. The van der Waals surface area contributed by atoms with E-state index >= 15 is 0 Å². The van der Waals surface area contributed by atoms with Crippen molar-refractivity contribution in [1.29, 1.82) is 0 Å². The van der Waals surface area contributed by atoms with Gasteiger partial charge in [0, 0.05) is 34.8 Å². The van der Waals surface area contributed by atoms with Gasteiger partial charge < -0.3 is 20.5 Å². The van der Waals surface area contributed by atoms with E-state index in [4.69, 9.17) is 4.74 Å². The minimum Gasteiger partial charge on any atom is -0.487 e. The van der Waals surface area contributed by atoms with Crippen LogP contribution in [0.25, 0.3) is 11.3 Å². The first-order chi connectivity index (χ1) is 16.1. The predicted octanol–water partition coefficient (Wildman–Crippen LogP) is 3.26. The molecule has 0 saturated carbocycles. The zero-order valence-electron chi connectivity index (χ0n) is 17.9. The molecular weight excluding hydrogens is 418 g/mol. The molecule has 7 heteroatoms. The third-order valence-electron chi connectivity index (χ3n) is 5.95. The summed E-state index contributed by atoms with van der Waals surface area (Å²) in [6, 6.07) is 16.7. The molecule has 2 aromatic carbocycles. The van der Waals surface area contributed by atoms with E-state index in [-0.39, 0.29) is 5.91 Å². The molecule has 0 bridgehead atoms. The molecule has 3 N–H and O–H groups in total. The number of para-hydroxylation sites is 1. The molecule has 0 saturated heterocycles. The van der Waals surface area contributed by atoms with E-state index in [1.165, 1.54) is 0 Å². The van der Waals surface area contributed by atoms with E-state index in [1.807, 2.05) is 42.5 Å². The lowest BCUT2D eigenvalue weighted by Crippen LogP contribution is -2.39. The van der Waals surface area contributed by atoms with Gasteiger partial charge in [0.25, 0.3) is 5.91 Å². The highest BCUT2D eigenvalue weighted by Gasteiger charge is 2.32. The number of amides is 1. The maximum absolute atomic E-state index is 12.6. The Balaban J connectivity index is 1.28. The standard InChI is InChI=1S/C26H23N3O4/c30-25-23(20-5-1-2-6-21(20)29-25)24-19-8-7-16(12-18(19)15-33-24)9-11-28-22(26(31)32)13-17-4-3-10-27-14-17/h1-8,10,12,14,22,28H,9,11,13,15H2,(H,29,30)(H,31,32). The van der Waals surface area contributed by atoms with E-state index in [0.717, 1.165) is 33.5 Å². The largest absolute Gasteiger partial charge is 0.487 e. The highest BCUT2D eigenvalue weighted by molar-refractivity contribution is 6.36. The number of hydrogen-bond acceptors (Lipinski definition) is 5. The van der Waals surface area contributed by atoms with E-state index < -0.39 is 12.0 Å². The van der Waals surface area contributed by atoms with Crippen LogP contribution in [0.5, 0.6) is 0 Å². The van der Waals surface area contributed by atoms with Gasteiger partial charge in [-0.3, -0.25) is 14.6 Å². The molecule has 2 aliphatic heterocycles. The third kappa shape index (κ3) is 4.23. The van der Waals surface area contributed by atoms with Gasteiger partial charge in [0.1, 0.15) is 18.4 Å². The van der Waals surface area contributed by atoms with Gasteiger partial charge in [-0.25, -0.2) is 0 Å². The number of anilines is 1. The summed E-state index contributed by atoms with van der Waals surface area (Å²) < 4.78 is 5.95. The van der Waals surface area contributed by atoms with E-state index in [1.54, 1.807) is 18.5 Å². The number of carbonyl (C=O) groups excluding carboxylic acids is 1. The number of aliphatic carboxylic acids is 1. The van der Waals surface area contributed by atoms with Crippen LogP contribution < -0.4 is 10.6 Å². The molecule has 0 aliphatic carbocycles. The highest BCUT2D eigenvalue weighted by Crippen LogP contribution is 2.41. The van der Waals surface area contributed by atoms with Crippen LogP contribution in [0.15, 0.2) is 67.0 Å². The summed E-state index contributed by atoms with van der Waals surface area (Å²) in [6.07, 6.45) is 4.41. The number of carboxylic acid groups (broad SMARTS) is 1. The lowest BCUT2D eigenvalue weighted by Gasteiger charge is -2.14. The van der Waals surface area contributed by atoms with Crippen molar-refractivity contribution < 1.29 is 19.4 Å². The van der Waals surface area contributed by atoms with Crippen LogP contribution in [-0.2, 0) is 33.8 Å². The molecule has 3 heterocycles.